The summed E-state index contributed by atoms with van der Waals surface area (Å²) in [6.07, 6.45) is 0. The summed E-state index contributed by atoms with van der Waals surface area (Å²) in [5, 5.41) is 9.68. The summed E-state index contributed by atoms with van der Waals surface area (Å²) in [6, 6.07) is 58.6. The van der Waals surface area contributed by atoms with E-state index in [2.05, 4.69) is 157 Å². The first kappa shape index (κ1) is 24.7. The number of hydrogen-bond acceptors (Lipinski definition) is 2. The average Bonchev–Trinajstić information content (AvgIpc) is 3.48. The molecule has 0 spiro atoms. The van der Waals surface area contributed by atoms with E-state index >= 15 is 0 Å². The van der Waals surface area contributed by atoms with Crippen LogP contribution in [-0.4, -0.2) is 0 Å². The highest BCUT2D eigenvalue weighted by Crippen LogP contribution is 2.44. The zero-order chi connectivity index (χ0) is 29.0. The third-order valence-electron chi connectivity index (χ3n) is 8.80. The minimum absolute atomic E-state index is 0.878. The van der Waals surface area contributed by atoms with Gasteiger partial charge >= 0.3 is 0 Å². The van der Waals surface area contributed by atoms with Gasteiger partial charge in [0.15, 0.2) is 5.58 Å². The van der Waals surface area contributed by atoms with E-state index in [1.807, 2.05) is 12.1 Å². The Morgan fingerprint density at radius 2 is 1.02 bits per heavy atom. The van der Waals surface area contributed by atoms with E-state index in [1.165, 1.54) is 43.4 Å². The van der Waals surface area contributed by atoms with Crippen LogP contribution in [0.2, 0.25) is 0 Å². The molecule has 9 aromatic rings. The number of furan rings is 1. The van der Waals surface area contributed by atoms with Gasteiger partial charge in [-0.15, -0.1) is 0 Å². The van der Waals surface area contributed by atoms with Gasteiger partial charge in [0, 0.05) is 22.1 Å². The van der Waals surface area contributed by atoms with Crippen molar-refractivity contribution in [1.82, 2.24) is 0 Å². The van der Waals surface area contributed by atoms with Gasteiger partial charge < -0.3 is 9.32 Å². The molecule has 0 radical (unpaired) electrons. The first-order valence-electron chi connectivity index (χ1n) is 15.0. The highest BCUT2D eigenvalue weighted by Gasteiger charge is 2.20. The van der Waals surface area contributed by atoms with E-state index in [4.69, 9.17) is 4.42 Å². The predicted molar refractivity (Wildman–Crippen MR) is 186 cm³/mol. The molecule has 9 rings (SSSR count). The van der Waals surface area contributed by atoms with Gasteiger partial charge in [-0.05, 0) is 85.9 Å². The molecule has 0 amide bonds. The molecule has 0 unspecified atom stereocenters. The van der Waals surface area contributed by atoms with Crippen molar-refractivity contribution in [1.29, 1.82) is 0 Å². The van der Waals surface area contributed by atoms with Crippen molar-refractivity contribution in [2.24, 2.45) is 0 Å². The number of hydrogen-bond donors (Lipinski definition) is 0. The summed E-state index contributed by atoms with van der Waals surface area (Å²) >= 11 is 0. The topological polar surface area (TPSA) is 16.4 Å². The minimum Gasteiger partial charge on any atom is -0.454 e. The highest BCUT2D eigenvalue weighted by atomic mass is 16.3. The van der Waals surface area contributed by atoms with Crippen LogP contribution in [0, 0.1) is 0 Å². The molecule has 0 aliphatic carbocycles. The van der Waals surface area contributed by atoms with Crippen LogP contribution < -0.4 is 4.90 Å². The lowest BCUT2D eigenvalue weighted by Gasteiger charge is -2.26. The van der Waals surface area contributed by atoms with Crippen LogP contribution in [0.25, 0.3) is 65.4 Å². The molecular weight excluding hydrogens is 534 g/mol. The molecule has 0 aliphatic heterocycles. The summed E-state index contributed by atoms with van der Waals surface area (Å²) < 4.78 is 6.57. The van der Waals surface area contributed by atoms with Gasteiger partial charge in [-0.25, -0.2) is 0 Å². The van der Waals surface area contributed by atoms with Crippen molar-refractivity contribution in [2.45, 2.75) is 0 Å². The molecule has 8 aromatic carbocycles. The summed E-state index contributed by atoms with van der Waals surface area (Å²) in [5.41, 5.74) is 7.29. The molecule has 2 heteroatoms. The molecular formula is C42H27NO. The van der Waals surface area contributed by atoms with E-state index in [-0.39, 0.29) is 0 Å². The van der Waals surface area contributed by atoms with E-state index in [1.54, 1.807) is 0 Å². The molecule has 1 aromatic heterocycles. The Labute approximate surface area is 255 Å². The predicted octanol–water partition coefficient (Wildman–Crippen LogP) is 12.2. The van der Waals surface area contributed by atoms with Crippen LogP contribution in [0.1, 0.15) is 0 Å². The first-order chi connectivity index (χ1) is 21.8. The average molecular weight is 562 g/mol. The molecule has 0 bridgehead atoms. The molecule has 0 saturated carbocycles. The maximum Gasteiger partial charge on any atom is 0.159 e. The van der Waals surface area contributed by atoms with E-state index in [9.17, 15) is 0 Å². The van der Waals surface area contributed by atoms with Gasteiger partial charge in [0.25, 0.3) is 0 Å². The maximum atomic E-state index is 6.57. The van der Waals surface area contributed by atoms with Crippen LogP contribution in [0.4, 0.5) is 17.1 Å². The van der Waals surface area contributed by atoms with Gasteiger partial charge in [0.05, 0.1) is 5.69 Å². The van der Waals surface area contributed by atoms with Crippen LogP contribution in [0.15, 0.2) is 168 Å². The molecule has 44 heavy (non-hydrogen) atoms. The quantitative estimate of drug-likeness (QED) is 0.199. The van der Waals surface area contributed by atoms with Gasteiger partial charge in [0.2, 0.25) is 0 Å². The third kappa shape index (κ3) is 3.96. The SMILES string of the molecule is c1cc(-c2ccc3ccccc3c2)cc(N(c2ccc3c(ccc4ccccc43)c2)c2cccc3c2oc2ccccc23)c1. The largest absolute Gasteiger partial charge is 0.454 e. The van der Waals surface area contributed by atoms with E-state index in [0.717, 1.165) is 39.0 Å². The fourth-order valence-corrected chi connectivity index (χ4v) is 6.67. The molecule has 0 N–H and O–H groups in total. The Bertz CT molecular complexity index is 2520. The lowest BCUT2D eigenvalue weighted by atomic mass is 9.99. The second-order valence-electron chi connectivity index (χ2n) is 11.4. The number of fused-ring (bicyclic) bond motifs is 7. The Morgan fingerprint density at radius 3 is 1.95 bits per heavy atom. The smallest absolute Gasteiger partial charge is 0.159 e. The molecule has 206 valence electrons. The molecule has 2 nitrogen and oxygen atoms in total. The minimum atomic E-state index is 0.878. The molecule has 1 heterocycles. The fourth-order valence-electron chi connectivity index (χ4n) is 6.67. The second-order valence-corrected chi connectivity index (χ2v) is 11.4. The normalized spacial score (nSPS) is 11.6. The summed E-state index contributed by atoms with van der Waals surface area (Å²) in [4.78, 5) is 2.34. The van der Waals surface area contributed by atoms with Crippen molar-refractivity contribution >= 4 is 71.3 Å². The van der Waals surface area contributed by atoms with Crippen molar-refractivity contribution in [3.8, 4) is 11.1 Å². The third-order valence-corrected chi connectivity index (χ3v) is 8.80. The number of benzene rings is 8. The zero-order valence-corrected chi connectivity index (χ0v) is 23.9. The van der Waals surface area contributed by atoms with E-state index < -0.39 is 0 Å². The maximum absolute atomic E-state index is 6.57. The van der Waals surface area contributed by atoms with Crippen molar-refractivity contribution in [2.75, 3.05) is 4.90 Å². The second kappa shape index (κ2) is 9.86. The van der Waals surface area contributed by atoms with Crippen LogP contribution in [0.3, 0.4) is 0 Å². The molecule has 0 aliphatic rings. The number of anilines is 3. The molecule has 0 fully saturated rings. The van der Waals surface area contributed by atoms with E-state index in [0.29, 0.717) is 0 Å². The standard InChI is InChI=1S/C42H27NO/c1-2-11-30-25-32(21-19-28(30)9-1)31-12-7-13-34(26-31)43(40-17-8-16-39-38-15-5-6-18-41(38)44-42(39)40)35-23-24-37-33(27-35)22-20-29-10-3-4-14-36(29)37/h1-27H. The van der Waals surface area contributed by atoms with Gasteiger partial charge in [0.1, 0.15) is 5.58 Å². The Hall–Kier alpha value is -5.86. The van der Waals surface area contributed by atoms with Gasteiger partial charge in [-0.1, -0.05) is 121 Å². The first-order valence-corrected chi connectivity index (χ1v) is 15.0. The van der Waals surface area contributed by atoms with Gasteiger partial charge in [-0.2, -0.15) is 0 Å². The number of nitrogens with zero attached hydrogens (tertiary/aromatic N) is 1. The number of para-hydroxylation sites is 2. The fraction of sp³-hybridized carbons (Fsp3) is 0. The van der Waals surface area contributed by atoms with Crippen LogP contribution in [-0.2, 0) is 0 Å². The van der Waals surface area contributed by atoms with Crippen LogP contribution >= 0.6 is 0 Å². The zero-order valence-electron chi connectivity index (χ0n) is 23.9. The summed E-state index contributed by atoms with van der Waals surface area (Å²) in [7, 11) is 0. The van der Waals surface area contributed by atoms with Crippen molar-refractivity contribution in [3.63, 3.8) is 0 Å². The molecule has 0 atom stereocenters. The Kier molecular flexibility index (Phi) is 5.54. The molecule has 0 saturated heterocycles. The Morgan fingerprint density at radius 1 is 0.364 bits per heavy atom. The van der Waals surface area contributed by atoms with Crippen molar-refractivity contribution < 1.29 is 4.42 Å². The van der Waals surface area contributed by atoms with Crippen LogP contribution in [0.5, 0.6) is 0 Å². The monoisotopic (exact) mass is 561 g/mol. The van der Waals surface area contributed by atoms with Crippen molar-refractivity contribution in [3.05, 3.63) is 164 Å². The lowest BCUT2D eigenvalue weighted by molar-refractivity contribution is 0.669. The summed E-state index contributed by atoms with van der Waals surface area (Å²) in [6.45, 7) is 0. The Balaban J connectivity index is 1.28. The lowest BCUT2D eigenvalue weighted by Crippen LogP contribution is -2.10. The highest BCUT2D eigenvalue weighted by molar-refractivity contribution is 6.12. The van der Waals surface area contributed by atoms with Gasteiger partial charge in [-0.3, -0.25) is 0 Å². The number of rotatable bonds is 4. The summed E-state index contributed by atoms with van der Waals surface area (Å²) in [5.74, 6) is 0.